The smallest absolute Gasteiger partial charge is 0.161 e. The Kier molecular flexibility index (Phi) is 7.91. The SMILES string of the molecule is CCCCCOc1cc(CNC2CCCN(c3cccnn3)C2)ccc1OC. The second-order valence-electron chi connectivity index (χ2n) is 7.29. The minimum atomic E-state index is 0.437. The van der Waals surface area contributed by atoms with E-state index in [2.05, 4.69) is 39.5 Å². The van der Waals surface area contributed by atoms with Crippen molar-refractivity contribution in [2.45, 2.75) is 51.6 Å². The van der Waals surface area contributed by atoms with Crippen LogP contribution in [0.15, 0.2) is 36.5 Å². The zero-order valence-corrected chi connectivity index (χ0v) is 17.1. The molecule has 1 aliphatic rings. The summed E-state index contributed by atoms with van der Waals surface area (Å²) in [7, 11) is 1.69. The molecule has 1 aromatic heterocycles. The molecule has 1 aromatic carbocycles. The summed E-state index contributed by atoms with van der Waals surface area (Å²) in [5.74, 6) is 2.59. The Bertz CT molecular complexity index is 711. The van der Waals surface area contributed by atoms with Crippen LogP contribution in [0.25, 0.3) is 0 Å². The number of unbranched alkanes of at least 4 members (excludes halogenated alkanes) is 2. The van der Waals surface area contributed by atoms with E-state index in [1.54, 1.807) is 13.3 Å². The minimum Gasteiger partial charge on any atom is -0.493 e. The average Bonchev–Trinajstić information content (AvgIpc) is 2.76. The van der Waals surface area contributed by atoms with E-state index in [9.17, 15) is 0 Å². The Morgan fingerprint density at radius 2 is 2.14 bits per heavy atom. The fourth-order valence-electron chi connectivity index (χ4n) is 3.55. The first-order valence-electron chi connectivity index (χ1n) is 10.4. The number of anilines is 1. The number of ether oxygens (including phenoxy) is 2. The zero-order valence-electron chi connectivity index (χ0n) is 17.1. The van der Waals surface area contributed by atoms with Crippen LogP contribution in [0.5, 0.6) is 11.5 Å². The zero-order chi connectivity index (χ0) is 19.6. The molecule has 1 N–H and O–H groups in total. The van der Waals surface area contributed by atoms with Gasteiger partial charge in [-0.1, -0.05) is 25.8 Å². The van der Waals surface area contributed by atoms with E-state index in [4.69, 9.17) is 9.47 Å². The molecule has 2 heterocycles. The summed E-state index contributed by atoms with van der Waals surface area (Å²) in [6.07, 6.45) is 7.50. The molecule has 1 aliphatic heterocycles. The van der Waals surface area contributed by atoms with Crippen molar-refractivity contribution in [1.29, 1.82) is 0 Å². The molecular weight excluding hydrogens is 352 g/mol. The van der Waals surface area contributed by atoms with E-state index in [1.165, 1.54) is 24.8 Å². The molecule has 0 spiro atoms. The van der Waals surface area contributed by atoms with Crippen molar-refractivity contribution in [1.82, 2.24) is 15.5 Å². The molecule has 0 amide bonds. The molecule has 0 bridgehead atoms. The molecular formula is C22H32N4O2. The normalized spacial score (nSPS) is 16.8. The lowest BCUT2D eigenvalue weighted by Crippen LogP contribution is -2.45. The third kappa shape index (κ3) is 5.83. The Morgan fingerprint density at radius 3 is 2.93 bits per heavy atom. The maximum Gasteiger partial charge on any atom is 0.161 e. The molecule has 0 saturated carbocycles. The van der Waals surface area contributed by atoms with Crippen LogP contribution in [0.3, 0.4) is 0 Å². The van der Waals surface area contributed by atoms with Gasteiger partial charge in [0, 0.05) is 31.9 Å². The second-order valence-corrected chi connectivity index (χ2v) is 7.29. The number of methoxy groups -OCH3 is 1. The predicted octanol–water partition coefficient (Wildman–Crippen LogP) is 3.81. The summed E-state index contributed by atoms with van der Waals surface area (Å²) < 4.78 is 11.4. The van der Waals surface area contributed by atoms with E-state index in [0.29, 0.717) is 6.04 Å². The highest BCUT2D eigenvalue weighted by Gasteiger charge is 2.20. The molecule has 152 valence electrons. The van der Waals surface area contributed by atoms with E-state index >= 15 is 0 Å². The van der Waals surface area contributed by atoms with Gasteiger partial charge in [-0.25, -0.2) is 0 Å². The van der Waals surface area contributed by atoms with Crippen LogP contribution in [-0.2, 0) is 6.54 Å². The van der Waals surface area contributed by atoms with Gasteiger partial charge in [-0.2, -0.15) is 5.10 Å². The molecule has 3 rings (SSSR count). The van der Waals surface area contributed by atoms with Crippen molar-refractivity contribution in [3.8, 4) is 11.5 Å². The molecule has 1 atom stereocenters. The van der Waals surface area contributed by atoms with Crippen molar-refractivity contribution >= 4 is 5.82 Å². The maximum atomic E-state index is 5.96. The summed E-state index contributed by atoms with van der Waals surface area (Å²) in [5.41, 5.74) is 1.21. The summed E-state index contributed by atoms with van der Waals surface area (Å²) in [5, 5.41) is 11.9. The van der Waals surface area contributed by atoms with Gasteiger partial charge < -0.3 is 19.7 Å². The van der Waals surface area contributed by atoms with Gasteiger partial charge in [-0.05, 0) is 49.1 Å². The minimum absolute atomic E-state index is 0.437. The summed E-state index contributed by atoms with van der Waals surface area (Å²) in [6.45, 7) is 5.74. The number of hydrogen-bond donors (Lipinski definition) is 1. The Hall–Kier alpha value is -2.34. The highest BCUT2D eigenvalue weighted by atomic mass is 16.5. The van der Waals surface area contributed by atoms with Crippen LogP contribution >= 0.6 is 0 Å². The molecule has 28 heavy (non-hydrogen) atoms. The predicted molar refractivity (Wildman–Crippen MR) is 112 cm³/mol. The first-order chi connectivity index (χ1) is 13.8. The van der Waals surface area contributed by atoms with Crippen molar-refractivity contribution in [3.05, 3.63) is 42.1 Å². The Labute approximate surface area is 168 Å². The number of nitrogens with one attached hydrogen (secondary N) is 1. The summed E-state index contributed by atoms with van der Waals surface area (Å²) in [6, 6.07) is 10.6. The molecule has 6 nitrogen and oxygen atoms in total. The van der Waals surface area contributed by atoms with Crippen LogP contribution in [0.2, 0.25) is 0 Å². The first kappa shape index (κ1) is 20.4. The lowest BCUT2D eigenvalue weighted by atomic mass is 10.1. The number of aromatic nitrogens is 2. The number of hydrogen-bond acceptors (Lipinski definition) is 6. The van der Waals surface area contributed by atoms with Gasteiger partial charge in [-0.3, -0.25) is 0 Å². The van der Waals surface area contributed by atoms with Gasteiger partial charge in [0.15, 0.2) is 17.3 Å². The Balaban J connectivity index is 1.54. The van der Waals surface area contributed by atoms with Gasteiger partial charge in [0.05, 0.1) is 13.7 Å². The van der Waals surface area contributed by atoms with Crippen molar-refractivity contribution in [2.24, 2.45) is 0 Å². The topological polar surface area (TPSA) is 59.5 Å². The fraction of sp³-hybridized carbons (Fsp3) is 0.545. The van der Waals surface area contributed by atoms with Gasteiger partial charge in [0.2, 0.25) is 0 Å². The number of rotatable bonds is 10. The largest absolute Gasteiger partial charge is 0.493 e. The van der Waals surface area contributed by atoms with Crippen LogP contribution in [0.4, 0.5) is 5.82 Å². The van der Waals surface area contributed by atoms with Crippen LogP contribution in [0.1, 0.15) is 44.6 Å². The third-order valence-electron chi connectivity index (χ3n) is 5.13. The van der Waals surface area contributed by atoms with E-state index < -0.39 is 0 Å². The number of nitrogens with zero attached hydrogens (tertiary/aromatic N) is 3. The van der Waals surface area contributed by atoms with E-state index in [0.717, 1.165) is 56.4 Å². The van der Waals surface area contributed by atoms with E-state index in [-0.39, 0.29) is 0 Å². The van der Waals surface area contributed by atoms with Crippen molar-refractivity contribution < 1.29 is 9.47 Å². The van der Waals surface area contributed by atoms with Crippen molar-refractivity contribution in [3.63, 3.8) is 0 Å². The molecule has 1 unspecified atom stereocenters. The van der Waals surface area contributed by atoms with Crippen LogP contribution < -0.4 is 19.7 Å². The number of piperidine rings is 1. The first-order valence-corrected chi connectivity index (χ1v) is 10.4. The Morgan fingerprint density at radius 1 is 1.21 bits per heavy atom. The summed E-state index contributed by atoms with van der Waals surface area (Å²) in [4.78, 5) is 2.31. The third-order valence-corrected chi connectivity index (χ3v) is 5.13. The molecule has 1 saturated heterocycles. The highest BCUT2D eigenvalue weighted by Crippen LogP contribution is 2.28. The average molecular weight is 385 g/mol. The van der Waals surface area contributed by atoms with Gasteiger partial charge >= 0.3 is 0 Å². The van der Waals surface area contributed by atoms with Gasteiger partial charge in [0.1, 0.15) is 0 Å². The standard InChI is InChI=1S/C22H32N4O2/c1-3-4-5-14-28-21-15-18(10-11-20(21)27-2)16-23-19-8-7-13-26(17-19)22-9-6-12-24-25-22/h6,9-12,15,19,23H,3-5,7-8,13-14,16-17H2,1-2H3. The van der Waals surface area contributed by atoms with Crippen molar-refractivity contribution in [2.75, 3.05) is 31.7 Å². The summed E-state index contributed by atoms with van der Waals surface area (Å²) >= 11 is 0. The van der Waals surface area contributed by atoms with Crippen LogP contribution in [-0.4, -0.2) is 43.0 Å². The van der Waals surface area contributed by atoms with Gasteiger partial charge in [-0.15, -0.1) is 5.10 Å². The molecule has 2 aromatic rings. The second kappa shape index (κ2) is 10.9. The monoisotopic (exact) mass is 384 g/mol. The van der Waals surface area contributed by atoms with Gasteiger partial charge in [0.25, 0.3) is 0 Å². The molecule has 0 radical (unpaired) electrons. The molecule has 0 aliphatic carbocycles. The lowest BCUT2D eigenvalue weighted by Gasteiger charge is -2.33. The molecule has 1 fully saturated rings. The fourth-order valence-corrected chi connectivity index (χ4v) is 3.55. The van der Waals surface area contributed by atoms with Crippen LogP contribution in [0, 0.1) is 0 Å². The highest BCUT2D eigenvalue weighted by molar-refractivity contribution is 5.43. The lowest BCUT2D eigenvalue weighted by molar-refractivity contribution is 0.285. The molecule has 6 heteroatoms. The maximum absolute atomic E-state index is 5.96. The number of benzene rings is 1. The quantitative estimate of drug-likeness (QED) is 0.629. The van der Waals surface area contributed by atoms with E-state index in [1.807, 2.05) is 18.2 Å².